The summed E-state index contributed by atoms with van der Waals surface area (Å²) < 4.78 is 68.5. The van der Waals surface area contributed by atoms with E-state index in [-0.39, 0.29) is 40.4 Å². The number of hydrogen-bond donors (Lipinski definition) is 0. The molecule has 3 aromatic rings. The van der Waals surface area contributed by atoms with Crippen molar-refractivity contribution in [3.05, 3.63) is 47.8 Å². The molecule has 168 valence electrons. The Labute approximate surface area is 180 Å². The minimum atomic E-state index is -4.91. The fraction of sp³-hybridized carbons (Fsp3) is 0.263. The Bertz CT molecular complexity index is 1310. The largest absolute Gasteiger partial charge is 0.573 e. The van der Waals surface area contributed by atoms with E-state index in [0.29, 0.717) is 5.56 Å². The lowest BCUT2D eigenvalue weighted by atomic mass is 10.1. The molecular formula is C19H16F3N5O4S. The van der Waals surface area contributed by atoms with Gasteiger partial charge in [-0.15, -0.1) is 13.2 Å². The zero-order valence-corrected chi connectivity index (χ0v) is 17.6. The molecule has 4 rings (SSSR count). The SMILES string of the molecule is CCS(=O)(=O)c1c(N2Cc3ccc(OC(F)(F)F)cc3C2=O)nc(-c2ncccn2)n1C. The van der Waals surface area contributed by atoms with Gasteiger partial charge in [-0.2, -0.15) is 0 Å². The lowest BCUT2D eigenvalue weighted by Crippen LogP contribution is -2.26. The van der Waals surface area contributed by atoms with Gasteiger partial charge in [0, 0.05) is 25.0 Å². The third-order valence-corrected chi connectivity index (χ3v) is 6.65. The van der Waals surface area contributed by atoms with E-state index in [2.05, 4.69) is 19.7 Å². The number of imidazole rings is 1. The number of amides is 1. The van der Waals surface area contributed by atoms with E-state index in [1.165, 1.54) is 37.0 Å². The Morgan fingerprint density at radius 1 is 1.19 bits per heavy atom. The number of alkyl halides is 3. The maximum Gasteiger partial charge on any atom is 0.573 e. The molecule has 0 saturated heterocycles. The molecule has 3 heterocycles. The van der Waals surface area contributed by atoms with Crippen LogP contribution in [0.1, 0.15) is 22.8 Å². The van der Waals surface area contributed by atoms with Gasteiger partial charge >= 0.3 is 6.36 Å². The van der Waals surface area contributed by atoms with Crippen LogP contribution in [-0.2, 0) is 23.4 Å². The highest BCUT2D eigenvalue weighted by Gasteiger charge is 2.38. The Morgan fingerprint density at radius 3 is 2.50 bits per heavy atom. The Balaban J connectivity index is 1.82. The third-order valence-electron chi connectivity index (χ3n) is 4.84. The first-order valence-corrected chi connectivity index (χ1v) is 10.9. The summed E-state index contributed by atoms with van der Waals surface area (Å²) in [6.07, 6.45) is -1.99. The van der Waals surface area contributed by atoms with Crippen LogP contribution in [0.15, 0.2) is 41.7 Å². The van der Waals surface area contributed by atoms with Crippen molar-refractivity contribution >= 4 is 21.6 Å². The smallest absolute Gasteiger partial charge is 0.406 e. The fourth-order valence-corrected chi connectivity index (χ4v) is 4.60. The Hall–Kier alpha value is -3.48. The summed E-state index contributed by atoms with van der Waals surface area (Å²) in [4.78, 5) is 26.7. The molecule has 1 aliphatic heterocycles. The summed E-state index contributed by atoms with van der Waals surface area (Å²) in [6, 6.07) is 4.97. The van der Waals surface area contributed by atoms with E-state index in [9.17, 15) is 26.4 Å². The molecule has 0 fully saturated rings. The zero-order valence-electron chi connectivity index (χ0n) is 16.8. The van der Waals surface area contributed by atoms with Crippen LogP contribution in [0.3, 0.4) is 0 Å². The molecule has 0 bridgehead atoms. The average Bonchev–Trinajstić information content (AvgIpc) is 3.25. The highest BCUT2D eigenvalue weighted by Crippen LogP contribution is 2.36. The van der Waals surface area contributed by atoms with Crippen LogP contribution in [0.25, 0.3) is 11.6 Å². The predicted octanol–water partition coefficient (Wildman–Crippen LogP) is 2.73. The van der Waals surface area contributed by atoms with Crippen LogP contribution in [-0.4, -0.2) is 46.0 Å². The van der Waals surface area contributed by atoms with Gasteiger partial charge in [-0.1, -0.05) is 13.0 Å². The summed E-state index contributed by atoms with van der Waals surface area (Å²) in [5.74, 6) is -1.37. The molecule has 0 spiro atoms. The lowest BCUT2D eigenvalue weighted by Gasteiger charge is -2.15. The topological polar surface area (TPSA) is 107 Å². The number of fused-ring (bicyclic) bond motifs is 1. The quantitative estimate of drug-likeness (QED) is 0.568. The molecule has 1 aromatic carbocycles. The van der Waals surface area contributed by atoms with Gasteiger partial charge in [0.15, 0.2) is 32.3 Å². The number of benzene rings is 1. The lowest BCUT2D eigenvalue weighted by molar-refractivity contribution is -0.274. The predicted molar refractivity (Wildman–Crippen MR) is 106 cm³/mol. The number of carbonyl (C=O) groups excluding carboxylic acids is 1. The van der Waals surface area contributed by atoms with E-state index < -0.39 is 27.9 Å². The maximum absolute atomic E-state index is 13.1. The van der Waals surface area contributed by atoms with Crippen molar-refractivity contribution in [2.75, 3.05) is 10.7 Å². The monoisotopic (exact) mass is 467 g/mol. The zero-order chi connectivity index (χ0) is 23.3. The molecule has 0 atom stereocenters. The minimum Gasteiger partial charge on any atom is -0.406 e. The number of sulfone groups is 1. The fourth-order valence-electron chi connectivity index (χ4n) is 3.39. The number of aromatic nitrogens is 4. The van der Waals surface area contributed by atoms with Gasteiger partial charge in [0.2, 0.25) is 0 Å². The molecule has 13 heteroatoms. The Morgan fingerprint density at radius 2 is 1.88 bits per heavy atom. The van der Waals surface area contributed by atoms with Crippen molar-refractivity contribution in [3.8, 4) is 17.4 Å². The van der Waals surface area contributed by atoms with Gasteiger partial charge in [0.1, 0.15) is 5.75 Å². The highest BCUT2D eigenvalue weighted by atomic mass is 32.2. The summed E-state index contributed by atoms with van der Waals surface area (Å²) >= 11 is 0. The molecule has 0 radical (unpaired) electrons. The van der Waals surface area contributed by atoms with Crippen molar-refractivity contribution in [1.29, 1.82) is 0 Å². The summed E-state index contributed by atoms with van der Waals surface area (Å²) in [7, 11) is -2.38. The number of rotatable bonds is 5. The molecule has 0 saturated carbocycles. The highest BCUT2D eigenvalue weighted by molar-refractivity contribution is 7.91. The van der Waals surface area contributed by atoms with Crippen LogP contribution in [0, 0.1) is 0 Å². The number of carbonyl (C=O) groups is 1. The van der Waals surface area contributed by atoms with Crippen LogP contribution in [0.4, 0.5) is 19.0 Å². The van der Waals surface area contributed by atoms with Crippen LogP contribution < -0.4 is 9.64 Å². The van der Waals surface area contributed by atoms with Gasteiger partial charge in [-0.05, 0) is 23.8 Å². The summed E-state index contributed by atoms with van der Waals surface area (Å²) in [6.45, 7) is 1.38. The van der Waals surface area contributed by atoms with Crippen molar-refractivity contribution in [1.82, 2.24) is 19.5 Å². The number of nitrogens with zero attached hydrogens (tertiary/aromatic N) is 5. The van der Waals surface area contributed by atoms with Crippen molar-refractivity contribution in [2.24, 2.45) is 7.05 Å². The first kappa shape index (κ1) is 21.7. The number of hydrogen-bond acceptors (Lipinski definition) is 7. The van der Waals surface area contributed by atoms with Gasteiger partial charge in [-0.3, -0.25) is 9.69 Å². The first-order chi connectivity index (χ1) is 15.0. The molecular weight excluding hydrogens is 451 g/mol. The standard InChI is InChI=1S/C19H16F3N5O4S/c1-3-32(29,30)18-16(25-15(26(18)2)14-23-7-4-8-24-14)27-10-11-5-6-12(31-19(20,21)22)9-13(11)17(27)28/h4-9H,3,10H2,1-2H3. The Kier molecular flexibility index (Phi) is 5.15. The molecule has 9 nitrogen and oxygen atoms in total. The third kappa shape index (κ3) is 3.79. The number of ether oxygens (including phenoxy) is 1. The van der Waals surface area contributed by atoms with Gasteiger partial charge in [0.05, 0.1) is 12.3 Å². The summed E-state index contributed by atoms with van der Waals surface area (Å²) in [5.41, 5.74) is 0.377. The van der Waals surface area contributed by atoms with Gasteiger partial charge in [0.25, 0.3) is 5.91 Å². The van der Waals surface area contributed by atoms with Gasteiger partial charge in [-0.25, -0.2) is 23.4 Å². The second kappa shape index (κ2) is 7.58. The van der Waals surface area contributed by atoms with Crippen molar-refractivity contribution in [3.63, 3.8) is 0 Å². The molecule has 2 aromatic heterocycles. The molecule has 32 heavy (non-hydrogen) atoms. The van der Waals surface area contributed by atoms with Crippen LogP contribution in [0.5, 0.6) is 5.75 Å². The van der Waals surface area contributed by atoms with Crippen molar-refractivity contribution < 1.29 is 31.1 Å². The maximum atomic E-state index is 13.1. The normalized spacial score (nSPS) is 14.0. The molecule has 0 aliphatic carbocycles. The van der Waals surface area contributed by atoms with E-state index >= 15 is 0 Å². The second-order valence-electron chi connectivity index (χ2n) is 6.86. The summed E-state index contributed by atoms with van der Waals surface area (Å²) in [5, 5.41) is -0.213. The average molecular weight is 467 g/mol. The van der Waals surface area contributed by atoms with E-state index in [1.54, 1.807) is 6.07 Å². The second-order valence-corrected chi connectivity index (χ2v) is 9.05. The number of halogens is 3. The molecule has 0 N–H and O–H groups in total. The van der Waals surface area contributed by atoms with Gasteiger partial charge < -0.3 is 9.30 Å². The minimum absolute atomic E-state index is 0.0326. The van der Waals surface area contributed by atoms with Crippen molar-refractivity contribution in [2.45, 2.75) is 24.9 Å². The molecule has 0 unspecified atom stereocenters. The molecule has 1 aliphatic rings. The molecule has 1 amide bonds. The van der Waals surface area contributed by atoms with E-state index in [1.807, 2.05) is 0 Å². The number of anilines is 1. The van der Waals surface area contributed by atoms with E-state index in [0.717, 1.165) is 17.0 Å². The van der Waals surface area contributed by atoms with Crippen LogP contribution in [0.2, 0.25) is 0 Å². The van der Waals surface area contributed by atoms with E-state index in [4.69, 9.17) is 0 Å². The van der Waals surface area contributed by atoms with Crippen LogP contribution >= 0.6 is 0 Å². The first-order valence-electron chi connectivity index (χ1n) is 9.29.